The van der Waals surface area contributed by atoms with Crippen molar-refractivity contribution in [2.24, 2.45) is 5.92 Å². The van der Waals surface area contributed by atoms with E-state index in [1.807, 2.05) is 7.05 Å². The van der Waals surface area contributed by atoms with Gasteiger partial charge >= 0.3 is 0 Å². The smallest absolute Gasteiger partial charge is 0.0177 e. The van der Waals surface area contributed by atoms with Crippen LogP contribution in [0.1, 0.15) is 11.1 Å². The molecule has 0 spiro atoms. The first-order valence-corrected chi connectivity index (χ1v) is 8.68. The summed E-state index contributed by atoms with van der Waals surface area (Å²) in [6.07, 6.45) is 2.22. The molecule has 0 radical (unpaired) electrons. The normalized spacial score (nSPS) is 12.3. The molecular formula is C17H19BrIN. The second kappa shape index (κ2) is 8.15. The summed E-state index contributed by atoms with van der Waals surface area (Å²) in [5.41, 5.74) is 2.81. The summed E-state index contributed by atoms with van der Waals surface area (Å²) in [6.45, 7) is 1.04. The van der Waals surface area contributed by atoms with Gasteiger partial charge in [0.05, 0.1) is 0 Å². The average molecular weight is 444 g/mol. The minimum absolute atomic E-state index is 0.620. The van der Waals surface area contributed by atoms with Crippen LogP contribution in [0.5, 0.6) is 0 Å². The van der Waals surface area contributed by atoms with Gasteiger partial charge < -0.3 is 5.32 Å². The Hall–Kier alpha value is -0.390. The Kier molecular flexibility index (Phi) is 6.52. The molecule has 0 aliphatic rings. The monoisotopic (exact) mass is 443 g/mol. The fourth-order valence-corrected chi connectivity index (χ4v) is 3.26. The molecule has 0 aliphatic carbocycles. The molecule has 0 saturated heterocycles. The van der Waals surface area contributed by atoms with Crippen molar-refractivity contribution >= 4 is 38.5 Å². The van der Waals surface area contributed by atoms with Gasteiger partial charge in [-0.05, 0) is 90.3 Å². The van der Waals surface area contributed by atoms with Crippen molar-refractivity contribution in [1.29, 1.82) is 0 Å². The molecule has 1 N–H and O–H groups in total. The van der Waals surface area contributed by atoms with E-state index in [1.165, 1.54) is 14.7 Å². The van der Waals surface area contributed by atoms with Crippen LogP contribution < -0.4 is 5.32 Å². The summed E-state index contributed by atoms with van der Waals surface area (Å²) in [5, 5.41) is 3.32. The molecule has 0 heterocycles. The van der Waals surface area contributed by atoms with Gasteiger partial charge in [0.1, 0.15) is 0 Å². The molecule has 0 aromatic heterocycles. The van der Waals surface area contributed by atoms with Crippen molar-refractivity contribution in [3.05, 3.63) is 67.7 Å². The van der Waals surface area contributed by atoms with Gasteiger partial charge in [0, 0.05) is 8.04 Å². The van der Waals surface area contributed by atoms with Crippen LogP contribution in [-0.4, -0.2) is 13.6 Å². The van der Waals surface area contributed by atoms with Gasteiger partial charge in [0.15, 0.2) is 0 Å². The first-order valence-electron chi connectivity index (χ1n) is 6.81. The topological polar surface area (TPSA) is 12.0 Å². The molecule has 20 heavy (non-hydrogen) atoms. The Bertz CT molecular complexity index is 539. The maximum absolute atomic E-state index is 3.55. The first-order chi connectivity index (χ1) is 9.67. The lowest BCUT2D eigenvalue weighted by Gasteiger charge is -2.17. The van der Waals surface area contributed by atoms with E-state index in [1.54, 1.807) is 0 Å². The Morgan fingerprint density at radius 2 is 1.75 bits per heavy atom. The first kappa shape index (κ1) is 16.0. The van der Waals surface area contributed by atoms with Crippen LogP contribution in [0.25, 0.3) is 0 Å². The third-order valence-corrected chi connectivity index (χ3v) is 4.56. The largest absolute Gasteiger partial charge is 0.319 e. The molecule has 0 amide bonds. The van der Waals surface area contributed by atoms with Crippen LogP contribution in [0, 0.1) is 9.49 Å². The van der Waals surface area contributed by atoms with Crippen molar-refractivity contribution in [2.45, 2.75) is 12.8 Å². The number of benzene rings is 2. The molecular weight excluding hydrogens is 425 g/mol. The lowest BCUT2D eigenvalue weighted by molar-refractivity contribution is 0.493. The maximum atomic E-state index is 3.55. The van der Waals surface area contributed by atoms with Crippen molar-refractivity contribution in [1.82, 2.24) is 5.32 Å². The lowest BCUT2D eigenvalue weighted by Crippen LogP contribution is -2.22. The van der Waals surface area contributed by atoms with Crippen LogP contribution in [0.15, 0.2) is 53.0 Å². The van der Waals surface area contributed by atoms with Gasteiger partial charge in [-0.15, -0.1) is 0 Å². The highest BCUT2D eigenvalue weighted by molar-refractivity contribution is 14.1. The van der Waals surface area contributed by atoms with E-state index in [9.17, 15) is 0 Å². The quantitative estimate of drug-likeness (QED) is 0.639. The number of hydrogen-bond acceptors (Lipinski definition) is 1. The second-order valence-corrected chi connectivity index (χ2v) is 7.25. The Balaban J connectivity index is 2.05. The molecule has 1 atom stereocenters. The van der Waals surface area contributed by atoms with Crippen LogP contribution in [0.2, 0.25) is 0 Å². The van der Waals surface area contributed by atoms with E-state index >= 15 is 0 Å². The Labute approximate surface area is 143 Å². The third-order valence-electron chi connectivity index (χ3n) is 3.34. The molecule has 2 rings (SSSR count). The van der Waals surface area contributed by atoms with Crippen molar-refractivity contribution in [2.75, 3.05) is 13.6 Å². The average Bonchev–Trinajstić information content (AvgIpc) is 2.42. The van der Waals surface area contributed by atoms with E-state index in [0.717, 1.165) is 23.9 Å². The van der Waals surface area contributed by atoms with E-state index in [-0.39, 0.29) is 0 Å². The number of nitrogens with one attached hydrogen (secondary N) is 1. The molecule has 1 unspecified atom stereocenters. The van der Waals surface area contributed by atoms with Crippen LogP contribution >= 0.6 is 38.5 Å². The fourth-order valence-electron chi connectivity index (χ4n) is 2.46. The minimum atomic E-state index is 0.620. The summed E-state index contributed by atoms with van der Waals surface area (Å²) < 4.78 is 2.45. The third kappa shape index (κ3) is 5.19. The molecule has 1 nitrogen and oxygen atoms in total. The van der Waals surface area contributed by atoms with Gasteiger partial charge in [-0.2, -0.15) is 0 Å². The van der Waals surface area contributed by atoms with Gasteiger partial charge in [0.25, 0.3) is 0 Å². The molecule has 0 fully saturated rings. The Morgan fingerprint density at radius 3 is 2.40 bits per heavy atom. The van der Waals surface area contributed by atoms with Crippen LogP contribution in [0.4, 0.5) is 0 Å². The van der Waals surface area contributed by atoms with E-state index in [0.29, 0.717) is 5.92 Å². The maximum Gasteiger partial charge on any atom is 0.0177 e. The van der Waals surface area contributed by atoms with Crippen LogP contribution in [-0.2, 0) is 12.8 Å². The zero-order chi connectivity index (χ0) is 14.4. The molecule has 0 saturated carbocycles. The lowest BCUT2D eigenvalue weighted by atomic mass is 9.92. The zero-order valence-corrected chi connectivity index (χ0v) is 15.3. The van der Waals surface area contributed by atoms with E-state index < -0.39 is 0 Å². The minimum Gasteiger partial charge on any atom is -0.319 e. The number of rotatable bonds is 6. The molecule has 3 heteroatoms. The fraction of sp³-hybridized carbons (Fsp3) is 0.294. The van der Waals surface area contributed by atoms with E-state index in [2.05, 4.69) is 92.4 Å². The molecule has 106 valence electrons. The standard InChI is InChI=1S/C17H19BrIN/c1-20-12-15(9-13-5-7-17(19)8-6-13)10-14-3-2-4-16(18)11-14/h2-8,11,15,20H,9-10,12H2,1H3. The molecule has 2 aromatic carbocycles. The van der Waals surface area contributed by atoms with Crippen molar-refractivity contribution < 1.29 is 0 Å². The van der Waals surface area contributed by atoms with Gasteiger partial charge in [-0.25, -0.2) is 0 Å². The zero-order valence-electron chi connectivity index (χ0n) is 11.6. The van der Waals surface area contributed by atoms with Crippen molar-refractivity contribution in [3.8, 4) is 0 Å². The molecule has 2 aromatic rings. The molecule has 0 aliphatic heterocycles. The van der Waals surface area contributed by atoms with Crippen LogP contribution in [0.3, 0.4) is 0 Å². The summed E-state index contributed by atoms with van der Waals surface area (Å²) >= 11 is 5.90. The van der Waals surface area contributed by atoms with E-state index in [4.69, 9.17) is 0 Å². The highest BCUT2D eigenvalue weighted by atomic mass is 127. The predicted molar refractivity (Wildman–Crippen MR) is 98.1 cm³/mol. The summed E-state index contributed by atoms with van der Waals surface area (Å²) in [4.78, 5) is 0. The summed E-state index contributed by atoms with van der Waals surface area (Å²) in [7, 11) is 2.03. The highest BCUT2D eigenvalue weighted by Crippen LogP contribution is 2.18. The Morgan fingerprint density at radius 1 is 1.05 bits per heavy atom. The second-order valence-electron chi connectivity index (χ2n) is 5.09. The number of halogens is 2. The highest BCUT2D eigenvalue weighted by Gasteiger charge is 2.10. The summed E-state index contributed by atoms with van der Waals surface area (Å²) in [6, 6.07) is 17.5. The van der Waals surface area contributed by atoms with Gasteiger partial charge in [-0.1, -0.05) is 40.2 Å². The SMILES string of the molecule is CNCC(Cc1ccc(I)cc1)Cc1cccc(Br)c1. The van der Waals surface area contributed by atoms with Gasteiger partial charge in [-0.3, -0.25) is 0 Å². The predicted octanol–water partition coefficient (Wildman–Crippen LogP) is 4.67. The molecule has 0 bridgehead atoms. The summed E-state index contributed by atoms with van der Waals surface area (Å²) in [5.74, 6) is 0.620. The van der Waals surface area contributed by atoms with Gasteiger partial charge in [0.2, 0.25) is 0 Å². The van der Waals surface area contributed by atoms with Crippen molar-refractivity contribution in [3.63, 3.8) is 0 Å². The number of hydrogen-bond donors (Lipinski definition) is 1.